The summed E-state index contributed by atoms with van der Waals surface area (Å²) in [7, 11) is 0. The molecule has 0 aliphatic rings. The van der Waals surface area contributed by atoms with Crippen LogP contribution in [0, 0.1) is 21.4 Å². The zero-order chi connectivity index (χ0) is 14.4. The highest BCUT2D eigenvalue weighted by Gasteiger charge is 2.15. The number of rotatable bonds is 4. The molecular weight excluding hydrogens is 252 g/mol. The molecule has 0 saturated heterocycles. The summed E-state index contributed by atoms with van der Waals surface area (Å²) in [6.07, 6.45) is 1.16. The number of phenols is 1. The molecule has 0 radical (unpaired) electrons. The molecule has 0 bridgehead atoms. The van der Waals surface area contributed by atoms with Gasteiger partial charge < -0.3 is 9.84 Å². The first-order valence-corrected chi connectivity index (χ1v) is 5.26. The number of hydrogen-bond acceptors (Lipinski definition) is 6. The molecule has 98 valence electrons. The number of hydrogen-bond donors (Lipinski definition) is 1. The summed E-state index contributed by atoms with van der Waals surface area (Å²) in [5.74, 6) is -1.29. The standard InChI is InChI=1S/C12H10N2O5/c1-2-19-12(16)9(7-13)5-8-3-4-11(15)10(6-8)14(17)18/h3-6,15H,2H2,1H3/b9-5+. The van der Waals surface area contributed by atoms with Gasteiger partial charge in [0.25, 0.3) is 0 Å². The van der Waals surface area contributed by atoms with E-state index in [1.165, 1.54) is 6.07 Å². The number of carbonyl (C=O) groups excluding carboxylic acids is 1. The van der Waals surface area contributed by atoms with Crippen LogP contribution in [-0.4, -0.2) is 22.6 Å². The van der Waals surface area contributed by atoms with Crippen LogP contribution in [0.3, 0.4) is 0 Å². The van der Waals surface area contributed by atoms with Gasteiger partial charge in [-0.15, -0.1) is 0 Å². The van der Waals surface area contributed by atoms with Gasteiger partial charge in [0, 0.05) is 6.07 Å². The smallest absolute Gasteiger partial charge is 0.348 e. The van der Waals surface area contributed by atoms with Gasteiger partial charge in [-0.1, -0.05) is 6.07 Å². The maximum Gasteiger partial charge on any atom is 0.348 e. The minimum absolute atomic E-state index is 0.119. The van der Waals surface area contributed by atoms with Gasteiger partial charge >= 0.3 is 11.7 Å². The Kier molecular flexibility index (Phi) is 4.60. The largest absolute Gasteiger partial charge is 0.502 e. The number of nitro groups is 1. The molecule has 1 N–H and O–H groups in total. The van der Waals surface area contributed by atoms with Gasteiger partial charge in [0.15, 0.2) is 5.75 Å². The van der Waals surface area contributed by atoms with Crippen molar-refractivity contribution in [2.75, 3.05) is 6.61 Å². The first-order valence-electron chi connectivity index (χ1n) is 5.26. The van der Waals surface area contributed by atoms with Gasteiger partial charge in [-0.25, -0.2) is 4.79 Å². The fraction of sp³-hybridized carbons (Fsp3) is 0.167. The predicted octanol–water partition coefficient (Wildman–Crippen LogP) is 1.77. The lowest BCUT2D eigenvalue weighted by Crippen LogP contribution is -2.06. The van der Waals surface area contributed by atoms with E-state index < -0.39 is 22.3 Å². The van der Waals surface area contributed by atoms with Crippen molar-refractivity contribution in [1.29, 1.82) is 5.26 Å². The third kappa shape index (κ3) is 3.54. The van der Waals surface area contributed by atoms with Crippen molar-refractivity contribution in [2.45, 2.75) is 6.92 Å². The van der Waals surface area contributed by atoms with Gasteiger partial charge in [0.1, 0.15) is 11.6 Å². The molecule has 0 aromatic heterocycles. The summed E-state index contributed by atoms with van der Waals surface area (Å²) in [5.41, 5.74) is -0.536. The van der Waals surface area contributed by atoms with Crippen molar-refractivity contribution in [2.24, 2.45) is 0 Å². The van der Waals surface area contributed by atoms with E-state index in [4.69, 9.17) is 5.26 Å². The summed E-state index contributed by atoms with van der Waals surface area (Å²) in [6, 6.07) is 5.18. The lowest BCUT2D eigenvalue weighted by molar-refractivity contribution is -0.385. The van der Waals surface area contributed by atoms with E-state index in [0.717, 1.165) is 18.2 Å². The Hall–Kier alpha value is -2.88. The Morgan fingerprint density at radius 2 is 2.32 bits per heavy atom. The van der Waals surface area contributed by atoms with Crippen LogP contribution in [0.25, 0.3) is 6.08 Å². The molecule has 0 heterocycles. The monoisotopic (exact) mass is 262 g/mol. The summed E-state index contributed by atoms with van der Waals surface area (Å²) in [5, 5.41) is 28.7. The Balaban J connectivity index is 3.17. The third-order valence-corrected chi connectivity index (χ3v) is 2.12. The number of esters is 1. The highest BCUT2D eigenvalue weighted by molar-refractivity contribution is 5.98. The number of nitrogens with zero attached hydrogens (tertiary/aromatic N) is 2. The maximum atomic E-state index is 11.4. The van der Waals surface area contributed by atoms with Crippen molar-refractivity contribution in [1.82, 2.24) is 0 Å². The Bertz CT molecular complexity index is 586. The number of nitriles is 1. The minimum Gasteiger partial charge on any atom is -0.502 e. The summed E-state index contributed by atoms with van der Waals surface area (Å²) in [6.45, 7) is 1.71. The summed E-state index contributed by atoms with van der Waals surface area (Å²) < 4.78 is 4.66. The summed E-state index contributed by atoms with van der Waals surface area (Å²) >= 11 is 0. The molecule has 0 fully saturated rings. The van der Waals surface area contributed by atoms with E-state index in [1.807, 2.05) is 0 Å². The van der Waals surface area contributed by atoms with E-state index in [9.17, 15) is 20.0 Å². The predicted molar refractivity (Wildman–Crippen MR) is 65.0 cm³/mol. The maximum absolute atomic E-state index is 11.4. The Labute approximate surface area is 108 Å². The number of aromatic hydroxyl groups is 1. The van der Waals surface area contributed by atoms with E-state index in [1.54, 1.807) is 13.0 Å². The van der Waals surface area contributed by atoms with Gasteiger partial charge in [0.2, 0.25) is 0 Å². The van der Waals surface area contributed by atoms with Gasteiger partial charge in [0.05, 0.1) is 11.5 Å². The van der Waals surface area contributed by atoms with Crippen LogP contribution >= 0.6 is 0 Å². The molecule has 0 unspecified atom stereocenters. The fourth-order valence-corrected chi connectivity index (χ4v) is 1.29. The highest BCUT2D eigenvalue weighted by Crippen LogP contribution is 2.27. The average Bonchev–Trinajstić information content (AvgIpc) is 2.37. The average molecular weight is 262 g/mol. The molecule has 1 aromatic rings. The zero-order valence-electron chi connectivity index (χ0n) is 9.99. The first kappa shape index (κ1) is 14.2. The highest BCUT2D eigenvalue weighted by atomic mass is 16.6. The molecule has 0 aliphatic heterocycles. The van der Waals surface area contributed by atoms with Gasteiger partial charge in [-0.2, -0.15) is 5.26 Å². The van der Waals surface area contributed by atoms with Crippen LogP contribution in [-0.2, 0) is 9.53 Å². The molecule has 0 atom stereocenters. The molecule has 0 aliphatic carbocycles. The van der Waals surface area contributed by atoms with Gasteiger partial charge in [-0.05, 0) is 24.6 Å². The molecule has 1 aromatic carbocycles. The van der Waals surface area contributed by atoms with Crippen molar-refractivity contribution in [3.05, 3.63) is 39.4 Å². The van der Waals surface area contributed by atoms with Crippen molar-refractivity contribution in [3.63, 3.8) is 0 Å². The first-order chi connectivity index (χ1) is 8.99. The zero-order valence-corrected chi connectivity index (χ0v) is 9.99. The number of nitro benzene ring substituents is 1. The fourth-order valence-electron chi connectivity index (χ4n) is 1.29. The second kappa shape index (κ2) is 6.16. The third-order valence-electron chi connectivity index (χ3n) is 2.12. The molecule has 0 spiro atoms. The van der Waals surface area contributed by atoms with Crippen LogP contribution < -0.4 is 0 Å². The van der Waals surface area contributed by atoms with Crippen LogP contribution in [0.2, 0.25) is 0 Å². The topological polar surface area (TPSA) is 113 Å². The number of ether oxygens (including phenoxy) is 1. The lowest BCUT2D eigenvalue weighted by Gasteiger charge is -2.00. The van der Waals surface area contributed by atoms with Crippen LogP contribution in [0.15, 0.2) is 23.8 Å². The molecular formula is C12H10N2O5. The minimum atomic E-state index is -0.805. The van der Waals surface area contributed by atoms with E-state index >= 15 is 0 Å². The Morgan fingerprint density at radius 1 is 1.63 bits per heavy atom. The quantitative estimate of drug-likeness (QED) is 0.291. The van der Waals surface area contributed by atoms with Crippen LogP contribution in [0.1, 0.15) is 12.5 Å². The number of phenolic OH excluding ortho intramolecular Hbond substituents is 1. The van der Waals surface area contributed by atoms with Crippen LogP contribution in [0.4, 0.5) is 5.69 Å². The normalized spacial score (nSPS) is 10.6. The van der Waals surface area contributed by atoms with Crippen molar-refractivity contribution >= 4 is 17.7 Å². The molecule has 7 nitrogen and oxygen atoms in total. The number of benzene rings is 1. The second-order valence-corrected chi connectivity index (χ2v) is 3.40. The second-order valence-electron chi connectivity index (χ2n) is 3.40. The lowest BCUT2D eigenvalue weighted by atomic mass is 10.1. The molecule has 1 rings (SSSR count). The van der Waals surface area contributed by atoms with Crippen molar-refractivity contribution < 1.29 is 19.6 Å². The molecule has 0 saturated carbocycles. The molecule has 19 heavy (non-hydrogen) atoms. The molecule has 0 amide bonds. The Morgan fingerprint density at radius 3 is 2.84 bits per heavy atom. The van der Waals surface area contributed by atoms with Crippen LogP contribution in [0.5, 0.6) is 5.75 Å². The van der Waals surface area contributed by atoms with E-state index in [0.29, 0.717) is 0 Å². The summed E-state index contributed by atoms with van der Waals surface area (Å²) in [4.78, 5) is 21.2. The SMILES string of the molecule is CCOC(=O)/C(C#N)=C/c1ccc(O)c([N+](=O)[O-])c1. The van der Waals surface area contributed by atoms with Gasteiger partial charge in [-0.3, -0.25) is 10.1 Å². The van der Waals surface area contributed by atoms with Crippen molar-refractivity contribution in [3.8, 4) is 11.8 Å². The van der Waals surface area contributed by atoms with E-state index in [2.05, 4.69) is 4.74 Å². The molecule has 7 heteroatoms. The van der Waals surface area contributed by atoms with E-state index in [-0.39, 0.29) is 17.7 Å². The number of carbonyl (C=O) groups is 1.